The highest BCUT2D eigenvalue weighted by atomic mass is 35.5. The van der Waals surface area contributed by atoms with Gasteiger partial charge in [-0.3, -0.25) is 4.79 Å². The van der Waals surface area contributed by atoms with Gasteiger partial charge in [-0.15, -0.1) is 0 Å². The van der Waals surface area contributed by atoms with Gasteiger partial charge in [-0.1, -0.05) is 29.3 Å². The Morgan fingerprint density at radius 2 is 1.94 bits per heavy atom. The lowest BCUT2D eigenvalue weighted by Crippen LogP contribution is -2.26. The van der Waals surface area contributed by atoms with Gasteiger partial charge in [0.05, 0.1) is 5.92 Å². The van der Waals surface area contributed by atoms with Gasteiger partial charge in [0.2, 0.25) is 0 Å². The molecule has 1 amide bonds. The quantitative estimate of drug-likeness (QED) is 0.813. The fourth-order valence-corrected chi connectivity index (χ4v) is 2.48. The number of carbonyl (C=O) groups is 1. The number of hydrogen-bond donors (Lipinski definition) is 0. The van der Waals surface area contributed by atoms with Crippen LogP contribution in [0.25, 0.3) is 0 Å². The molecule has 1 unspecified atom stereocenters. The minimum atomic E-state index is -0.252. The van der Waals surface area contributed by atoms with E-state index in [9.17, 15) is 4.79 Å². The average molecular weight is 271 g/mol. The van der Waals surface area contributed by atoms with Crippen LogP contribution in [0.2, 0.25) is 10.0 Å². The van der Waals surface area contributed by atoms with E-state index in [4.69, 9.17) is 23.2 Å². The molecule has 90 valence electrons. The standard InChI is InChI=1S/C12H12Cl2N2O/c1-7-8(12(17)16(2)15-7)6-9-10(13)4-3-5-11(9)14/h3-5,8H,6H2,1-2H3. The number of carbonyl (C=O) groups excluding carboxylic acids is 1. The van der Waals surface area contributed by atoms with E-state index in [-0.39, 0.29) is 11.8 Å². The van der Waals surface area contributed by atoms with Gasteiger partial charge in [0.15, 0.2) is 0 Å². The van der Waals surface area contributed by atoms with Gasteiger partial charge in [0.25, 0.3) is 5.91 Å². The van der Waals surface area contributed by atoms with Crippen molar-refractivity contribution in [3.63, 3.8) is 0 Å². The summed E-state index contributed by atoms with van der Waals surface area (Å²) in [6.07, 6.45) is 0.497. The molecule has 17 heavy (non-hydrogen) atoms. The minimum absolute atomic E-state index is 0.0153. The number of halogens is 2. The lowest BCUT2D eigenvalue weighted by atomic mass is 9.95. The number of nitrogens with zero attached hydrogens (tertiary/aromatic N) is 2. The van der Waals surface area contributed by atoms with Crippen molar-refractivity contribution >= 4 is 34.8 Å². The maximum atomic E-state index is 11.9. The molecular formula is C12H12Cl2N2O. The second-order valence-corrected chi connectivity index (χ2v) is 4.87. The Labute approximate surface area is 110 Å². The molecule has 1 aromatic rings. The van der Waals surface area contributed by atoms with E-state index in [1.165, 1.54) is 5.01 Å². The van der Waals surface area contributed by atoms with E-state index in [0.717, 1.165) is 11.3 Å². The van der Waals surface area contributed by atoms with Crippen LogP contribution in [0.5, 0.6) is 0 Å². The lowest BCUT2D eigenvalue weighted by Gasteiger charge is -2.12. The van der Waals surface area contributed by atoms with Crippen LogP contribution >= 0.6 is 23.2 Å². The number of rotatable bonds is 2. The summed E-state index contributed by atoms with van der Waals surface area (Å²) in [5.41, 5.74) is 1.60. The van der Waals surface area contributed by atoms with Crippen molar-refractivity contribution in [3.8, 4) is 0 Å². The van der Waals surface area contributed by atoms with Gasteiger partial charge in [-0.25, -0.2) is 5.01 Å². The van der Waals surface area contributed by atoms with E-state index in [0.29, 0.717) is 16.5 Å². The maximum Gasteiger partial charge on any atom is 0.251 e. The molecule has 0 saturated carbocycles. The Kier molecular flexibility index (Phi) is 3.40. The van der Waals surface area contributed by atoms with Crippen LogP contribution in [-0.2, 0) is 11.2 Å². The third kappa shape index (κ3) is 2.31. The molecule has 0 aromatic heterocycles. The molecule has 1 heterocycles. The SMILES string of the molecule is CC1=NN(C)C(=O)C1Cc1c(Cl)cccc1Cl. The van der Waals surface area contributed by atoms with Crippen LogP contribution in [0.1, 0.15) is 12.5 Å². The summed E-state index contributed by atoms with van der Waals surface area (Å²) in [6, 6.07) is 5.34. The van der Waals surface area contributed by atoms with Crippen LogP contribution in [-0.4, -0.2) is 23.7 Å². The predicted molar refractivity (Wildman–Crippen MR) is 69.5 cm³/mol. The monoisotopic (exact) mass is 270 g/mol. The van der Waals surface area contributed by atoms with Gasteiger partial charge in [0, 0.05) is 22.8 Å². The molecule has 1 atom stereocenters. The molecule has 0 aliphatic carbocycles. The molecule has 0 radical (unpaired) electrons. The fraction of sp³-hybridized carbons (Fsp3) is 0.333. The van der Waals surface area contributed by atoms with Gasteiger partial charge < -0.3 is 0 Å². The van der Waals surface area contributed by atoms with E-state index in [2.05, 4.69) is 5.10 Å². The first-order valence-corrected chi connectivity index (χ1v) is 6.02. The molecule has 0 bridgehead atoms. The summed E-state index contributed by atoms with van der Waals surface area (Å²) >= 11 is 12.2. The molecule has 3 nitrogen and oxygen atoms in total. The highest BCUT2D eigenvalue weighted by molar-refractivity contribution is 6.36. The van der Waals surface area contributed by atoms with Crippen molar-refractivity contribution in [1.29, 1.82) is 0 Å². The number of hydrazone groups is 1. The Hall–Kier alpha value is -1.06. The predicted octanol–water partition coefficient (Wildman–Crippen LogP) is 3.00. The van der Waals surface area contributed by atoms with E-state index in [1.807, 2.05) is 6.92 Å². The second-order valence-electron chi connectivity index (χ2n) is 4.06. The van der Waals surface area contributed by atoms with Crippen molar-refractivity contribution in [3.05, 3.63) is 33.8 Å². The number of amides is 1. The van der Waals surface area contributed by atoms with Crippen molar-refractivity contribution in [2.75, 3.05) is 7.05 Å². The summed E-state index contributed by atoms with van der Waals surface area (Å²) in [4.78, 5) is 11.9. The number of hydrogen-bond acceptors (Lipinski definition) is 2. The summed E-state index contributed by atoms with van der Waals surface area (Å²) in [5, 5.41) is 6.67. The maximum absolute atomic E-state index is 11.9. The van der Waals surface area contributed by atoms with Crippen molar-refractivity contribution in [1.82, 2.24) is 5.01 Å². The van der Waals surface area contributed by atoms with Crippen molar-refractivity contribution in [2.45, 2.75) is 13.3 Å². The summed E-state index contributed by atoms with van der Waals surface area (Å²) in [5.74, 6) is -0.268. The Balaban J connectivity index is 2.28. The highest BCUT2D eigenvalue weighted by Gasteiger charge is 2.32. The van der Waals surface area contributed by atoms with Gasteiger partial charge in [-0.2, -0.15) is 5.10 Å². The number of benzene rings is 1. The molecule has 2 rings (SSSR count). The smallest absolute Gasteiger partial charge is 0.251 e. The molecule has 1 aliphatic heterocycles. The largest absolute Gasteiger partial charge is 0.272 e. The molecule has 0 saturated heterocycles. The van der Waals surface area contributed by atoms with Crippen molar-refractivity contribution < 1.29 is 4.79 Å². The molecule has 1 aliphatic rings. The van der Waals surface area contributed by atoms with Gasteiger partial charge in [0.1, 0.15) is 0 Å². The second kappa shape index (κ2) is 4.67. The molecule has 1 aromatic carbocycles. The third-order valence-corrected chi connectivity index (χ3v) is 3.61. The highest BCUT2D eigenvalue weighted by Crippen LogP contribution is 2.29. The van der Waals surface area contributed by atoms with Crippen LogP contribution in [0, 0.1) is 5.92 Å². The zero-order chi connectivity index (χ0) is 12.6. The van der Waals surface area contributed by atoms with E-state index < -0.39 is 0 Å². The Morgan fingerprint density at radius 1 is 1.35 bits per heavy atom. The minimum Gasteiger partial charge on any atom is -0.272 e. The van der Waals surface area contributed by atoms with E-state index >= 15 is 0 Å². The summed E-state index contributed by atoms with van der Waals surface area (Å²) < 4.78 is 0. The zero-order valence-electron chi connectivity index (χ0n) is 9.58. The Morgan fingerprint density at radius 3 is 2.41 bits per heavy atom. The first-order chi connectivity index (χ1) is 8.00. The summed E-state index contributed by atoms with van der Waals surface area (Å²) in [7, 11) is 1.65. The molecule has 5 heteroatoms. The summed E-state index contributed by atoms with van der Waals surface area (Å²) in [6.45, 7) is 1.84. The van der Waals surface area contributed by atoms with E-state index in [1.54, 1.807) is 25.2 Å². The van der Waals surface area contributed by atoms with Gasteiger partial charge in [-0.05, 0) is 31.0 Å². The average Bonchev–Trinajstić information content (AvgIpc) is 2.49. The molecular weight excluding hydrogens is 259 g/mol. The van der Waals surface area contributed by atoms with Crippen LogP contribution < -0.4 is 0 Å². The first-order valence-electron chi connectivity index (χ1n) is 5.26. The molecule has 0 N–H and O–H groups in total. The van der Waals surface area contributed by atoms with Crippen LogP contribution in [0.4, 0.5) is 0 Å². The Bertz CT molecular complexity index is 479. The normalized spacial score (nSPS) is 19.8. The molecule has 0 fully saturated rings. The molecule has 0 spiro atoms. The lowest BCUT2D eigenvalue weighted by molar-refractivity contribution is -0.130. The first kappa shape index (κ1) is 12.4. The zero-order valence-corrected chi connectivity index (χ0v) is 11.1. The van der Waals surface area contributed by atoms with Crippen LogP contribution in [0.15, 0.2) is 23.3 Å². The van der Waals surface area contributed by atoms with Crippen molar-refractivity contribution in [2.24, 2.45) is 11.0 Å². The van der Waals surface area contributed by atoms with Gasteiger partial charge >= 0.3 is 0 Å². The third-order valence-electron chi connectivity index (χ3n) is 2.90. The fourth-order valence-electron chi connectivity index (χ4n) is 1.93. The topological polar surface area (TPSA) is 32.7 Å². The van der Waals surface area contributed by atoms with Crippen LogP contribution in [0.3, 0.4) is 0 Å².